The fourth-order valence-corrected chi connectivity index (χ4v) is 6.32. The number of carbonyl (C=O) groups excluding carboxylic acids is 1. The number of nitrogens with one attached hydrogen (secondary N) is 2. The van der Waals surface area contributed by atoms with E-state index in [1.54, 1.807) is 12.1 Å². The number of ether oxygens (including phenoxy) is 1. The zero-order chi connectivity index (χ0) is 28.3. The molecule has 1 unspecified atom stereocenters. The first kappa shape index (κ1) is 28.1. The molecule has 1 saturated carbocycles. The predicted octanol–water partition coefficient (Wildman–Crippen LogP) is 3.99. The molecule has 2 aliphatic rings. The van der Waals surface area contributed by atoms with Crippen LogP contribution < -0.4 is 15.5 Å². The number of carbonyl (C=O) groups is 1. The van der Waals surface area contributed by atoms with E-state index < -0.39 is 15.5 Å². The third kappa shape index (κ3) is 6.32. The minimum Gasteiger partial charge on any atom is -0.377 e. The molecular weight excluding hydrogens is 531 g/mol. The molecule has 0 spiro atoms. The first-order chi connectivity index (χ1) is 19.2. The zero-order valence-electron chi connectivity index (χ0n) is 23.0. The van der Waals surface area contributed by atoms with Crippen LogP contribution in [0.15, 0.2) is 59.5 Å². The summed E-state index contributed by atoms with van der Waals surface area (Å²) < 4.78 is 32.3. The van der Waals surface area contributed by atoms with Crippen LogP contribution in [0.25, 0.3) is 11.4 Å². The van der Waals surface area contributed by atoms with Crippen LogP contribution in [0.2, 0.25) is 0 Å². The van der Waals surface area contributed by atoms with E-state index in [1.165, 1.54) is 12.1 Å². The minimum atomic E-state index is -1.40. The van der Waals surface area contributed by atoms with Crippen LogP contribution in [-0.4, -0.2) is 78.1 Å². The van der Waals surface area contributed by atoms with Gasteiger partial charge < -0.3 is 25.2 Å². The number of rotatable bonds is 9. The van der Waals surface area contributed by atoms with Gasteiger partial charge in [0.2, 0.25) is 0 Å². The molecule has 2 N–H and O–H groups in total. The monoisotopic (exact) mass is 566 g/mol. The van der Waals surface area contributed by atoms with Crippen molar-refractivity contribution in [2.24, 2.45) is 0 Å². The molecule has 2 atom stereocenters. The Morgan fingerprint density at radius 1 is 1.15 bits per heavy atom. The molecule has 2 heterocycles. The maximum atomic E-state index is 13.7. The maximum Gasteiger partial charge on any atom is 0.319 e. The van der Waals surface area contributed by atoms with E-state index in [0.29, 0.717) is 42.7 Å². The van der Waals surface area contributed by atoms with Crippen molar-refractivity contribution in [1.82, 2.24) is 20.2 Å². The van der Waals surface area contributed by atoms with Gasteiger partial charge in [0.25, 0.3) is 0 Å². The van der Waals surface area contributed by atoms with Crippen molar-refractivity contribution in [2.75, 3.05) is 57.2 Å². The summed E-state index contributed by atoms with van der Waals surface area (Å²) in [5.41, 5.74) is 2.16. The largest absolute Gasteiger partial charge is 0.377 e. The number of hydrogen-bond acceptors (Lipinski definition) is 7. The predicted molar refractivity (Wildman–Crippen MR) is 154 cm³/mol. The van der Waals surface area contributed by atoms with Crippen molar-refractivity contribution in [3.63, 3.8) is 0 Å². The molecule has 2 fully saturated rings. The van der Waals surface area contributed by atoms with E-state index >= 15 is 0 Å². The second-order valence-corrected chi connectivity index (χ2v) is 12.3. The van der Waals surface area contributed by atoms with Gasteiger partial charge in [0.1, 0.15) is 11.6 Å². The van der Waals surface area contributed by atoms with Crippen molar-refractivity contribution in [2.45, 2.75) is 35.4 Å². The molecule has 11 heteroatoms. The van der Waals surface area contributed by atoms with Gasteiger partial charge in [-0.25, -0.2) is 19.2 Å². The van der Waals surface area contributed by atoms with Gasteiger partial charge in [0, 0.05) is 41.8 Å². The summed E-state index contributed by atoms with van der Waals surface area (Å²) in [6.07, 6.45) is 1.44. The topological polar surface area (TPSA) is 99.7 Å². The second kappa shape index (κ2) is 12.0. The Kier molecular flexibility index (Phi) is 8.43. The van der Waals surface area contributed by atoms with E-state index in [4.69, 9.17) is 14.7 Å². The van der Waals surface area contributed by atoms with Gasteiger partial charge in [-0.05, 0) is 82.4 Å². The lowest BCUT2D eigenvalue weighted by Gasteiger charge is -2.34. The average Bonchev–Trinajstić information content (AvgIpc) is 3.76. The van der Waals surface area contributed by atoms with Gasteiger partial charge in [-0.2, -0.15) is 0 Å². The van der Waals surface area contributed by atoms with Crippen LogP contribution in [0.1, 0.15) is 25.5 Å². The van der Waals surface area contributed by atoms with Crippen molar-refractivity contribution >= 4 is 28.3 Å². The molecular formula is C29H35FN6O3S. The van der Waals surface area contributed by atoms with Gasteiger partial charge in [0.05, 0.1) is 40.5 Å². The molecule has 1 aliphatic carbocycles. The van der Waals surface area contributed by atoms with Gasteiger partial charge in [0.15, 0.2) is 5.82 Å². The molecule has 2 aromatic carbocycles. The SMILES string of the molecule is C[C@H]1COCCN1c1cc(C2(S(=O)c3ccc(F)cc3)CC2)nc(-c2ccc(NC(=O)NCCN(C)C)cc2)n1. The number of benzene rings is 2. The number of anilines is 2. The zero-order valence-corrected chi connectivity index (χ0v) is 23.8. The van der Waals surface area contributed by atoms with E-state index in [0.717, 1.165) is 36.5 Å². The number of halogens is 1. The molecule has 2 amide bonds. The summed E-state index contributed by atoms with van der Waals surface area (Å²) in [4.78, 5) is 26.9. The molecule has 3 aromatic rings. The molecule has 0 radical (unpaired) electrons. The van der Waals surface area contributed by atoms with Crippen LogP contribution in [0, 0.1) is 5.82 Å². The highest BCUT2D eigenvalue weighted by molar-refractivity contribution is 7.86. The number of aromatic nitrogens is 2. The lowest BCUT2D eigenvalue weighted by Crippen LogP contribution is -2.44. The molecule has 0 bridgehead atoms. The maximum absolute atomic E-state index is 13.7. The van der Waals surface area contributed by atoms with Crippen molar-refractivity contribution in [3.8, 4) is 11.4 Å². The van der Waals surface area contributed by atoms with Crippen LogP contribution >= 0.6 is 0 Å². The number of morpholine rings is 1. The molecule has 9 nitrogen and oxygen atoms in total. The molecule has 40 heavy (non-hydrogen) atoms. The summed E-state index contributed by atoms with van der Waals surface area (Å²) in [7, 11) is 2.50. The van der Waals surface area contributed by atoms with Crippen LogP contribution in [0.5, 0.6) is 0 Å². The fraction of sp³-hybridized carbons (Fsp3) is 0.414. The Labute approximate surface area is 236 Å². The van der Waals surface area contributed by atoms with Gasteiger partial charge in [-0.3, -0.25) is 4.21 Å². The van der Waals surface area contributed by atoms with E-state index in [1.807, 2.05) is 49.3 Å². The summed E-state index contributed by atoms with van der Waals surface area (Å²) in [5, 5.41) is 5.68. The van der Waals surface area contributed by atoms with Crippen LogP contribution in [0.4, 0.5) is 20.7 Å². The Bertz CT molecular complexity index is 1370. The van der Waals surface area contributed by atoms with Gasteiger partial charge in [-0.15, -0.1) is 0 Å². The van der Waals surface area contributed by atoms with Crippen molar-refractivity contribution in [3.05, 3.63) is 66.1 Å². The highest BCUT2D eigenvalue weighted by atomic mass is 32.2. The first-order valence-corrected chi connectivity index (χ1v) is 14.6. The molecule has 1 aliphatic heterocycles. The number of hydrogen-bond donors (Lipinski definition) is 2. The minimum absolute atomic E-state index is 0.125. The number of nitrogens with zero attached hydrogens (tertiary/aromatic N) is 4. The molecule has 1 saturated heterocycles. The van der Waals surface area contributed by atoms with E-state index in [-0.39, 0.29) is 17.9 Å². The third-order valence-electron chi connectivity index (χ3n) is 7.17. The molecule has 1 aromatic heterocycles. The Hall–Kier alpha value is -3.41. The Balaban J connectivity index is 1.44. The highest BCUT2D eigenvalue weighted by Crippen LogP contribution is 2.53. The number of likely N-dealkylation sites (N-methyl/N-ethyl adjacent to an activating group) is 1. The van der Waals surface area contributed by atoms with Crippen molar-refractivity contribution in [1.29, 1.82) is 0 Å². The smallest absolute Gasteiger partial charge is 0.319 e. The summed E-state index contributed by atoms with van der Waals surface area (Å²) in [6.45, 7) is 5.27. The first-order valence-electron chi connectivity index (χ1n) is 13.5. The van der Waals surface area contributed by atoms with Crippen LogP contribution in [-0.2, 0) is 20.3 Å². The average molecular weight is 567 g/mol. The van der Waals surface area contributed by atoms with E-state index in [2.05, 4.69) is 22.5 Å². The highest BCUT2D eigenvalue weighted by Gasteiger charge is 2.52. The summed E-state index contributed by atoms with van der Waals surface area (Å²) in [6, 6.07) is 15.0. The fourth-order valence-electron chi connectivity index (χ4n) is 4.72. The van der Waals surface area contributed by atoms with Gasteiger partial charge >= 0.3 is 6.03 Å². The standard InChI is InChI=1S/C29H35FN6O3S/c1-20-19-39-17-16-36(20)26-18-25(29(12-13-29)40(38)24-10-6-22(30)7-11-24)33-27(34-26)21-4-8-23(9-5-21)32-28(37)31-14-15-35(2)3/h4-11,18,20H,12-17,19H2,1-3H3,(H2,31,32,37)/t20-,40?/m0/s1. The molecule has 5 rings (SSSR count). The van der Waals surface area contributed by atoms with Gasteiger partial charge in [-0.1, -0.05) is 0 Å². The second-order valence-electron chi connectivity index (χ2n) is 10.5. The number of amides is 2. The lowest BCUT2D eigenvalue weighted by molar-refractivity contribution is 0.0985. The van der Waals surface area contributed by atoms with Crippen molar-refractivity contribution < 1.29 is 18.1 Å². The lowest BCUT2D eigenvalue weighted by atomic mass is 10.1. The summed E-state index contributed by atoms with van der Waals surface area (Å²) in [5.74, 6) is 0.929. The Morgan fingerprint density at radius 3 is 2.52 bits per heavy atom. The normalized spacial score (nSPS) is 18.8. The summed E-state index contributed by atoms with van der Waals surface area (Å²) >= 11 is 0. The quantitative estimate of drug-likeness (QED) is 0.404. The Morgan fingerprint density at radius 2 is 1.88 bits per heavy atom. The van der Waals surface area contributed by atoms with E-state index in [9.17, 15) is 13.4 Å². The molecule has 212 valence electrons. The third-order valence-corrected chi connectivity index (χ3v) is 9.20. The van der Waals surface area contributed by atoms with Crippen LogP contribution in [0.3, 0.4) is 0 Å². The number of urea groups is 1.